The summed E-state index contributed by atoms with van der Waals surface area (Å²) >= 11 is 0. The van der Waals surface area contributed by atoms with Crippen LogP contribution in [-0.4, -0.2) is 25.5 Å². The van der Waals surface area contributed by atoms with Crippen molar-refractivity contribution in [2.24, 2.45) is 0 Å². The predicted molar refractivity (Wildman–Crippen MR) is 62.9 cm³/mol. The van der Waals surface area contributed by atoms with E-state index in [1.54, 1.807) is 0 Å². The molecule has 0 saturated heterocycles. The van der Waals surface area contributed by atoms with E-state index in [2.05, 4.69) is 32.8 Å². The molecule has 0 aliphatic rings. The SMILES string of the molecule is F.FF.FF.FF.FF.[CH2-]/C=C(\C)CCCCN(C)C.[Li+]. The molecule has 0 unspecified atom stereocenters. The third-order valence-electron chi connectivity index (χ3n) is 1.77. The number of nitrogens with zero attached hydrogens (tertiary/aromatic N) is 1. The molecule has 130 valence electrons. The monoisotopic (exact) mass is 333 g/mol. The van der Waals surface area contributed by atoms with E-state index in [-0.39, 0.29) is 23.6 Å². The van der Waals surface area contributed by atoms with Crippen LogP contribution in [0, 0.1) is 6.92 Å². The molecule has 0 radical (unpaired) electrons. The van der Waals surface area contributed by atoms with Gasteiger partial charge in [0, 0.05) is 36.6 Å². The van der Waals surface area contributed by atoms with Crippen LogP contribution >= 0.6 is 0 Å². The number of rotatable bonds is 5. The second-order valence-electron chi connectivity index (χ2n) is 3.31. The van der Waals surface area contributed by atoms with Gasteiger partial charge in [0.05, 0.1) is 0 Å². The zero-order chi connectivity index (χ0) is 16.7. The van der Waals surface area contributed by atoms with Gasteiger partial charge in [0.1, 0.15) is 0 Å². The molecule has 0 aliphatic carbocycles. The first-order chi connectivity index (χ1) is 9.16. The molecule has 0 rings (SSSR count). The van der Waals surface area contributed by atoms with Crippen molar-refractivity contribution in [3.63, 3.8) is 0 Å². The number of hydrogen-bond donors (Lipinski definition) is 0. The Labute approximate surface area is 131 Å². The quantitative estimate of drug-likeness (QED) is 0.324. The Morgan fingerprint density at radius 3 is 1.48 bits per heavy atom. The zero-order valence-corrected chi connectivity index (χ0v) is 12.5. The van der Waals surface area contributed by atoms with Gasteiger partial charge < -0.3 is 4.90 Å². The first-order valence-electron chi connectivity index (χ1n) is 4.83. The molecule has 0 aromatic rings. The number of hydrogen-bond acceptors (Lipinski definition) is 1. The van der Waals surface area contributed by atoms with Crippen LogP contribution in [0.2, 0.25) is 0 Å². The fourth-order valence-corrected chi connectivity index (χ4v) is 0.934. The predicted octanol–water partition coefficient (Wildman–Crippen LogP) is 3.02. The second kappa shape index (κ2) is 60.5. The summed E-state index contributed by atoms with van der Waals surface area (Å²) in [6, 6.07) is 0. The van der Waals surface area contributed by atoms with E-state index in [1.165, 1.54) is 31.4 Å². The van der Waals surface area contributed by atoms with Crippen LogP contribution in [0.3, 0.4) is 0 Å². The average Bonchev–Trinajstić information content (AvgIpc) is 2.51. The molecule has 0 aromatic heterocycles. The van der Waals surface area contributed by atoms with Crippen molar-refractivity contribution in [3.05, 3.63) is 18.6 Å². The first kappa shape index (κ1) is 42.8. The topological polar surface area (TPSA) is 3.24 Å². The second-order valence-corrected chi connectivity index (χ2v) is 3.31. The molecule has 0 spiro atoms. The Kier molecular flexibility index (Phi) is 123. The first-order valence-corrected chi connectivity index (χ1v) is 4.83. The standard InChI is InChI=1S/C10H20N.4F2.FH.Li/c1-5-10(2)8-6-7-9-11(3)4;4*1-2;;/h5H,1,6-9H2,2-4H3;;;;;1H;/q-1;;;;;;+1/b10-5+;;;;;;. The van der Waals surface area contributed by atoms with Crippen molar-refractivity contribution in [2.45, 2.75) is 26.2 Å². The molecule has 21 heavy (non-hydrogen) atoms. The van der Waals surface area contributed by atoms with Gasteiger partial charge in [0.2, 0.25) is 0 Å². The summed E-state index contributed by atoms with van der Waals surface area (Å²) in [6.45, 7) is 7.07. The molecular formula is C10H21F9LiN. The van der Waals surface area contributed by atoms with Crippen molar-refractivity contribution in [1.29, 1.82) is 0 Å². The summed E-state index contributed by atoms with van der Waals surface area (Å²) in [5, 5.41) is 0. The largest absolute Gasteiger partial charge is 1.00 e. The Balaban J connectivity index is -0.0000000339. The Hall–Kier alpha value is -0.463. The van der Waals surface area contributed by atoms with E-state index in [9.17, 15) is 0 Å². The van der Waals surface area contributed by atoms with Crippen molar-refractivity contribution in [1.82, 2.24) is 4.90 Å². The molecule has 0 saturated carbocycles. The maximum Gasteiger partial charge on any atom is 1.00 e. The molecule has 0 fully saturated rings. The van der Waals surface area contributed by atoms with E-state index < -0.39 is 0 Å². The third kappa shape index (κ3) is 82.4. The molecule has 0 N–H and O–H groups in total. The van der Waals surface area contributed by atoms with Crippen LogP contribution in [0.1, 0.15) is 26.2 Å². The molecule has 0 aliphatic heterocycles. The van der Waals surface area contributed by atoms with Gasteiger partial charge in [-0.15, -0.1) is 6.92 Å². The van der Waals surface area contributed by atoms with E-state index in [4.69, 9.17) is 36.6 Å². The van der Waals surface area contributed by atoms with E-state index in [0.717, 1.165) is 0 Å². The van der Waals surface area contributed by atoms with Crippen molar-refractivity contribution >= 4 is 0 Å². The van der Waals surface area contributed by atoms with Gasteiger partial charge in [-0.05, 0) is 27.1 Å². The van der Waals surface area contributed by atoms with Gasteiger partial charge in [-0.3, -0.25) is 4.70 Å². The Morgan fingerprint density at radius 1 is 0.905 bits per heavy atom. The van der Waals surface area contributed by atoms with Gasteiger partial charge in [-0.1, -0.05) is 12.8 Å². The van der Waals surface area contributed by atoms with Crippen LogP contribution in [0.4, 0.5) is 41.3 Å². The maximum atomic E-state index is 8.00. The normalized spacial score (nSPS) is 7.71. The van der Waals surface area contributed by atoms with E-state index in [0.29, 0.717) is 0 Å². The molecule has 0 atom stereocenters. The van der Waals surface area contributed by atoms with Gasteiger partial charge in [0.15, 0.2) is 0 Å². The Bertz CT molecular complexity index is 140. The van der Waals surface area contributed by atoms with Crippen molar-refractivity contribution < 1.29 is 60.2 Å². The summed E-state index contributed by atoms with van der Waals surface area (Å²) in [5.74, 6) is 0. The fraction of sp³-hybridized carbons (Fsp3) is 0.700. The summed E-state index contributed by atoms with van der Waals surface area (Å²) in [5.41, 5.74) is 1.41. The summed E-state index contributed by atoms with van der Waals surface area (Å²) < 4.78 is 64.0. The number of unbranched alkanes of at least 4 members (excludes halogenated alkanes) is 1. The molecule has 0 heterocycles. The van der Waals surface area contributed by atoms with E-state index >= 15 is 0 Å². The minimum atomic E-state index is 0. The average molecular weight is 333 g/mol. The maximum absolute atomic E-state index is 8.00. The van der Waals surface area contributed by atoms with Crippen molar-refractivity contribution in [2.75, 3.05) is 20.6 Å². The summed E-state index contributed by atoms with van der Waals surface area (Å²) in [7, 11) is 4.23. The van der Waals surface area contributed by atoms with Crippen LogP contribution in [-0.2, 0) is 0 Å². The van der Waals surface area contributed by atoms with Gasteiger partial charge in [-0.25, -0.2) is 18.6 Å². The van der Waals surface area contributed by atoms with Gasteiger partial charge >= 0.3 is 18.9 Å². The van der Waals surface area contributed by atoms with Crippen LogP contribution in [0.25, 0.3) is 0 Å². The minimum Gasteiger partial charge on any atom is -0.309 e. The zero-order valence-electron chi connectivity index (χ0n) is 12.5. The minimum absolute atomic E-state index is 0. The van der Waals surface area contributed by atoms with Gasteiger partial charge in [0.25, 0.3) is 0 Å². The molecule has 0 aromatic carbocycles. The smallest absolute Gasteiger partial charge is 0.309 e. The van der Waals surface area contributed by atoms with Crippen LogP contribution in [0.5, 0.6) is 0 Å². The van der Waals surface area contributed by atoms with Gasteiger partial charge in [-0.2, -0.15) is 0 Å². The molecule has 1 nitrogen and oxygen atoms in total. The summed E-state index contributed by atoms with van der Waals surface area (Å²) in [4.78, 5) is 2.23. The van der Waals surface area contributed by atoms with E-state index in [1.807, 2.05) is 6.08 Å². The molecule has 0 amide bonds. The third-order valence-corrected chi connectivity index (χ3v) is 1.77. The Morgan fingerprint density at radius 2 is 1.24 bits per heavy atom. The summed E-state index contributed by atoms with van der Waals surface area (Å²) in [6.07, 6.45) is 5.74. The molecule has 11 heteroatoms. The molecular weight excluding hydrogens is 312 g/mol. The van der Waals surface area contributed by atoms with Crippen molar-refractivity contribution in [3.8, 4) is 0 Å². The number of allylic oxidation sites excluding steroid dienone is 2. The molecule has 0 bridgehead atoms. The fourth-order valence-electron chi connectivity index (χ4n) is 0.934. The number of halogens is 9. The van der Waals surface area contributed by atoms with Crippen LogP contribution in [0.15, 0.2) is 11.6 Å². The van der Waals surface area contributed by atoms with Crippen LogP contribution < -0.4 is 18.9 Å².